The molecule has 0 aliphatic carbocycles. The summed E-state index contributed by atoms with van der Waals surface area (Å²) in [5.74, 6) is -3.78. The van der Waals surface area contributed by atoms with Gasteiger partial charge >= 0.3 is 18.5 Å². The van der Waals surface area contributed by atoms with Crippen molar-refractivity contribution in [2.75, 3.05) is 0 Å². The maximum absolute atomic E-state index is 14.0. The summed E-state index contributed by atoms with van der Waals surface area (Å²) in [5.41, 5.74) is -4.37. The van der Waals surface area contributed by atoms with Crippen LogP contribution in [0.25, 0.3) is 22.3 Å². The first-order chi connectivity index (χ1) is 17.8. The molecule has 11 heteroatoms. The molecule has 4 rings (SSSR count). The van der Waals surface area contributed by atoms with Crippen molar-refractivity contribution < 1.29 is 49.4 Å². The van der Waals surface area contributed by atoms with Crippen molar-refractivity contribution in [2.45, 2.75) is 12.4 Å². The molecule has 0 N–H and O–H groups in total. The van der Waals surface area contributed by atoms with Crippen molar-refractivity contribution in [1.29, 1.82) is 0 Å². The summed E-state index contributed by atoms with van der Waals surface area (Å²) < 4.78 is 120. The van der Waals surface area contributed by atoms with E-state index in [1.807, 2.05) is 0 Å². The Morgan fingerprint density at radius 1 is 0.553 bits per heavy atom. The molecule has 0 saturated heterocycles. The molecule has 0 bridgehead atoms. The molecule has 0 aliphatic heterocycles. The van der Waals surface area contributed by atoms with Crippen LogP contribution in [0.3, 0.4) is 0 Å². The summed E-state index contributed by atoms with van der Waals surface area (Å²) in [5, 5.41) is 0. The Morgan fingerprint density at radius 3 is 1.26 bits per heavy atom. The molecule has 0 atom stereocenters. The van der Waals surface area contributed by atoms with Gasteiger partial charge in [0, 0.05) is 0 Å². The van der Waals surface area contributed by atoms with Gasteiger partial charge in [0.1, 0.15) is 34.3 Å². The topological polar surface area (TPSA) is 35.5 Å². The van der Waals surface area contributed by atoms with Gasteiger partial charge in [0.2, 0.25) is 0 Å². The molecule has 196 valence electrons. The number of hydrogen-bond donors (Lipinski definition) is 0. The van der Waals surface area contributed by atoms with E-state index in [0.29, 0.717) is 0 Å². The van der Waals surface area contributed by atoms with Crippen LogP contribution in [0.15, 0.2) is 84.9 Å². The van der Waals surface area contributed by atoms with Crippen molar-refractivity contribution >= 4 is 6.16 Å². The van der Waals surface area contributed by atoms with Crippen LogP contribution in [-0.4, -0.2) is 6.16 Å². The molecular formula is C27H14F8O3. The Labute approximate surface area is 209 Å². The summed E-state index contributed by atoms with van der Waals surface area (Å²) in [6.45, 7) is 0. The van der Waals surface area contributed by atoms with Crippen LogP contribution >= 0.6 is 0 Å². The highest BCUT2D eigenvalue weighted by atomic mass is 19.4. The van der Waals surface area contributed by atoms with E-state index in [2.05, 4.69) is 0 Å². The lowest BCUT2D eigenvalue weighted by molar-refractivity contribution is -0.138. The Kier molecular flexibility index (Phi) is 7.12. The zero-order valence-corrected chi connectivity index (χ0v) is 18.8. The second-order valence-electron chi connectivity index (χ2n) is 7.83. The van der Waals surface area contributed by atoms with E-state index in [4.69, 9.17) is 9.47 Å². The minimum atomic E-state index is -5.10. The van der Waals surface area contributed by atoms with E-state index in [1.165, 1.54) is 24.3 Å². The normalized spacial score (nSPS) is 11.8. The van der Waals surface area contributed by atoms with Gasteiger partial charge in [-0.3, -0.25) is 0 Å². The van der Waals surface area contributed by atoms with Crippen LogP contribution in [0.4, 0.5) is 39.9 Å². The third-order valence-electron chi connectivity index (χ3n) is 5.28. The molecule has 4 aromatic carbocycles. The number of rotatable bonds is 4. The van der Waals surface area contributed by atoms with Gasteiger partial charge in [-0.2, -0.15) is 26.3 Å². The largest absolute Gasteiger partial charge is 0.519 e. The first-order valence-electron chi connectivity index (χ1n) is 10.7. The molecule has 0 aliphatic rings. The van der Waals surface area contributed by atoms with E-state index in [0.717, 1.165) is 60.7 Å². The lowest BCUT2D eigenvalue weighted by Crippen LogP contribution is -2.20. The molecule has 0 spiro atoms. The molecule has 0 saturated carbocycles. The molecule has 0 fully saturated rings. The smallest absolute Gasteiger partial charge is 0.394 e. The van der Waals surface area contributed by atoms with Crippen molar-refractivity contribution in [3.05, 3.63) is 108 Å². The van der Waals surface area contributed by atoms with E-state index in [9.17, 15) is 39.9 Å². The van der Waals surface area contributed by atoms with E-state index >= 15 is 0 Å². The van der Waals surface area contributed by atoms with Crippen molar-refractivity contribution in [2.24, 2.45) is 0 Å². The number of ether oxygens (including phenoxy) is 2. The van der Waals surface area contributed by atoms with Crippen molar-refractivity contribution in [3.8, 4) is 33.8 Å². The third-order valence-corrected chi connectivity index (χ3v) is 5.28. The maximum atomic E-state index is 14.0. The highest BCUT2D eigenvalue weighted by Crippen LogP contribution is 2.45. The Morgan fingerprint density at radius 2 is 0.921 bits per heavy atom. The minimum Gasteiger partial charge on any atom is -0.394 e. The zero-order valence-electron chi connectivity index (χ0n) is 18.8. The molecule has 0 amide bonds. The molecule has 0 aromatic heterocycles. The fourth-order valence-electron chi connectivity index (χ4n) is 3.81. The Balaban J connectivity index is 1.73. The average Bonchev–Trinajstić information content (AvgIpc) is 2.82. The van der Waals surface area contributed by atoms with Gasteiger partial charge in [0.05, 0.1) is 0 Å². The summed E-state index contributed by atoms with van der Waals surface area (Å²) in [4.78, 5) is 12.4. The third kappa shape index (κ3) is 5.77. The number of halogens is 8. The van der Waals surface area contributed by atoms with Crippen molar-refractivity contribution in [1.82, 2.24) is 0 Å². The highest BCUT2D eigenvalue weighted by molar-refractivity contribution is 5.76. The predicted octanol–water partition coefficient (Wildman–Crippen LogP) is 8.91. The van der Waals surface area contributed by atoms with Crippen LogP contribution in [0.1, 0.15) is 11.1 Å². The monoisotopic (exact) mass is 538 g/mol. The van der Waals surface area contributed by atoms with E-state index in [1.54, 1.807) is 0 Å². The number of carbonyl (C=O) groups is 1. The lowest BCUT2D eigenvalue weighted by atomic mass is 9.98. The van der Waals surface area contributed by atoms with Crippen LogP contribution < -0.4 is 9.47 Å². The number of benzene rings is 4. The van der Waals surface area contributed by atoms with E-state index in [-0.39, 0.29) is 11.1 Å². The van der Waals surface area contributed by atoms with Gasteiger partial charge in [-0.1, -0.05) is 48.5 Å². The second kappa shape index (κ2) is 10.2. The zero-order chi connectivity index (χ0) is 27.7. The molecule has 38 heavy (non-hydrogen) atoms. The molecule has 0 heterocycles. The molecule has 0 unspecified atom stereocenters. The summed E-state index contributed by atoms with van der Waals surface area (Å²) >= 11 is 0. The number of alkyl halides is 6. The SMILES string of the molecule is O=C(Oc1cccc(-c2cccc(F)c2)c1C(F)(F)F)Oc1cccc(-c2cccc(F)c2)c1C(F)(F)F. The van der Waals surface area contributed by atoms with Gasteiger partial charge in [-0.25, -0.2) is 13.6 Å². The molecule has 3 nitrogen and oxygen atoms in total. The minimum absolute atomic E-state index is 0.182. The summed E-state index contributed by atoms with van der Waals surface area (Å²) in [7, 11) is 0. The van der Waals surface area contributed by atoms with Crippen molar-refractivity contribution in [3.63, 3.8) is 0 Å². The van der Waals surface area contributed by atoms with Crippen LogP contribution in [-0.2, 0) is 12.4 Å². The van der Waals surface area contributed by atoms with Gasteiger partial charge in [0.25, 0.3) is 0 Å². The van der Waals surface area contributed by atoms with Gasteiger partial charge in [-0.05, 0) is 58.7 Å². The van der Waals surface area contributed by atoms with Crippen LogP contribution in [0, 0.1) is 11.6 Å². The summed E-state index contributed by atoms with van der Waals surface area (Å²) in [6.07, 6.45) is -12.1. The van der Waals surface area contributed by atoms with Crippen LogP contribution in [0.5, 0.6) is 11.5 Å². The number of carbonyl (C=O) groups excluding carboxylic acids is 1. The quantitative estimate of drug-likeness (QED) is 0.148. The Hall–Kier alpha value is -4.41. The van der Waals surface area contributed by atoms with Gasteiger partial charge in [-0.15, -0.1) is 0 Å². The predicted molar refractivity (Wildman–Crippen MR) is 120 cm³/mol. The molecule has 4 aromatic rings. The maximum Gasteiger partial charge on any atom is 0.519 e. The average molecular weight is 538 g/mol. The van der Waals surface area contributed by atoms with E-state index < -0.39 is 63.9 Å². The highest BCUT2D eigenvalue weighted by Gasteiger charge is 2.40. The first kappa shape index (κ1) is 26.6. The first-order valence-corrected chi connectivity index (χ1v) is 10.7. The fourth-order valence-corrected chi connectivity index (χ4v) is 3.81. The Bertz CT molecular complexity index is 1380. The number of hydrogen-bond acceptors (Lipinski definition) is 3. The second-order valence-corrected chi connectivity index (χ2v) is 7.83. The van der Waals surface area contributed by atoms with Gasteiger partial charge in [0.15, 0.2) is 0 Å². The standard InChI is InChI=1S/C27H14F8O3/c28-17-7-1-5-15(13-17)19-9-3-11-21(23(19)26(30,31)32)37-25(36)38-22-12-4-10-20(24(22)27(33,34)35)16-6-2-8-18(29)14-16/h1-14H. The van der Waals surface area contributed by atoms with Gasteiger partial charge < -0.3 is 9.47 Å². The molecule has 0 radical (unpaired) electrons. The lowest BCUT2D eigenvalue weighted by Gasteiger charge is -2.19. The fraction of sp³-hybridized carbons (Fsp3) is 0.0741. The molecular weight excluding hydrogens is 524 g/mol. The van der Waals surface area contributed by atoms with Crippen LogP contribution in [0.2, 0.25) is 0 Å². The summed E-state index contributed by atoms with van der Waals surface area (Å²) in [6, 6.07) is 14.2.